The van der Waals surface area contributed by atoms with E-state index in [1.807, 2.05) is 0 Å². The molecule has 0 amide bonds. The third-order valence-corrected chi connectivity index (χ3v) is 3.34. The molecule has 1 fully saturated rings. The highest BCUT2D eigenvalue weighted by Gasteiger charge is 2.20. The SMILES string of the molecule is OCCCCCCCCCCCCC1CO1. The third-order valence-electron chi connectivity index (χ3n) is 3.34. The Morgan fingerprint density at radius 3 is 1.62 bits per heavy atom. The second-order valence-corrected chi connectivity index (χ2v) is 5.00. The van der Waals surface area contributed by atoms with Crippen LogP contribution in [0.3, 0.4) is 0 Å². The Bertz CT molecular complexity index is 144. The molecule has 1 N–H and O–H groups in total. The normalized spacial score (nSPS) is 18.9. The van der Waals surface area contributed by atoms with Crippen LogP contribution in [0.15, 0.2) is 0 Å². The van der Waals surface area contributed by atoms with Gasteiger partial charge in [0.25, 0.3) is 0 Å². The van der Waals surface area contributed by atoms with Crippen molar-refractivity contribution in [2.45, 2.75) is 76.7 Å². The first kappa shape index (κ1) is 14.0. The Balaban J connectivity index is 1.61. The van der Waals surface area contributed by atoms with Crippen LogP contribution in [-0.4, -0.2) is 24.4 Å². The van der Waals surface area contributed by atoms with Crippen molar-refractivity contribution in [1.29, 1.82) is 0 Å². The summed E-state index contributed by atoms with van der Waals surface area (Å²) in [5.74, 6) is 0. The van der Waals surface area contributed by atoms with Crippen molar-refractivity contribution < 1.29 is 9.84 Å². The number of aliphatic hydroxyl groups is 1. The van der Waals surface area contributed by atoms with Crippen LogP contribution in [0.2, 0.25) is 0 Å². The maximum atomic E-state index is 8.62. The molecule has 16 heavy (non-hydrogen) atoms. The van der Waals surface area contributed by atoms with E-state index in [4.69, 9.17) is 9.84 Å². The van der Waals surface area contributed by atoms with Crippen LogP contribution < -0.4 is 0 Å². The van der Waals surface area contributed by atoms with Crippen LogP contribution in [0.4, 0.5) is 0 Å². The molecule has 0 saturated carbocycles. The Hall–Kier alpha value is -0.0800. The Labute approximate surface area is 100 Å². The van der Waals surface area contributed by atoms with Gasteiger partial charge < -0.3 is 9.84 Å². The van der Waals surface area contributed by atoms with E-state index in [9.17, 15) is 0 Å². The van der Waals surface area contributed by atoms with Gasteiger partial charge in [-0.3, -0.25) is 0 Å². The summed E-state index contributed by atoms with van der Waals surface area (Å²) in [6, 6.07) is 0. The molecule has 0 radical (unpaired) electrons. The zero-order valence-electron chi connectivity index (χ0n) is 10.6. The number of hydrogen-bond donors (Lipinski definition) is 1. The molecular weight excluding hydrogens is 200 g/mol. The van der Waals surface area contributed by atoms with E-state index in [2.05, 4.69) is 0 Å². The lowest BCUT2D eigenvalue weighted by molar-refractivity contribution is 0.282. The highest BCUT2D eigenvalue weighted by atomic mass is 16.6. The standard InChI is InChI=1S/C14H28O2/c15-12-10-8-6-4-2-1-3-5-7-9-11-14-13-16-14/h14-15H,1-13H2. The minimum absolute atomic E-state index is 0.366. The smallest absolute Gasteiger partial charge is 0.0810 e. The summed E-state index contributed by atoms with van der Waals surface area (Å²) in [6.45, 7) is 1.39. The Morgan fingerprint density at radius 2 is 1.19 bits per heavy atom. The van der Waals surface area contributed by atoms with Crippen LogP contribution >= 0.6 is 0 Å². The van der Waals surface area contributed by atoms with E-state index in [0.717, 1.165) is 13.0 Å². The first-order valence-electron chi connectivity index (χ1n) is 7.16. The van der Waals surface area contributed by atoms with Crippen molar-refractivity contribution in [2.24, 2.45) is 0 Å². The van der Waals surface area contributed by atoms with Crippen LogP contribution in [0.25, 0.3) is 0 Å². The fraction of sp³-hybridized carbons (Fsp3) is 1.00. The molecule has 1 atom stereocenters. The van der Waals surface area contributed by atoms with Gasteiger partial charge in [0.1, 0.15) is 0 Å². The monoisotopic (exact) mass is 228 g/mol. The van der Waals surface area contributed by atoms with Crippen molar-refractivity contribution in [3.05, 3.63) is 0 Å². The molecule has 1 saturated heterocycles. The van der Waals surface area contributed by atoms with Crippen molar-refractivity contribution in [3.63, 3.8) is 0 Å². The quantitative estimate of drug-likeness (QED) is 0.408. The maximum Gasteiger partial charge on any atom is 0.0810 e. The summed E-state index contributed by atoms with van der Waals surface area (Å²) in [7, 11) is 0. The zero-order valence-corrected chi connectivity index (χ0v) is 10.6. The van der Waals surface area contributed by atoms with Gasteiger partial charge in [0.05, 0.1) is 12.7 Å². The molecule has 1 aliphatic heterocycles. The summed E-state index contributed by atoms with van der Waals surface area (Å²) in [4.78, 5) is 0. The van der Waals surface area contributed by atoms with Gasteiger partial charge in [0.15, 0.2) is 0 Å². The molecule has 96 valence electrons. The summed E-state index contributed by atoms with van der Waals surface area (Å²) >= 11 is 0. The van der Waals surface area contributed by atoms with Crippen LogP contribution in [0.5, 0.6) is 0 Å². The predicted molar refractivity (Wildman–Crippen MR) is 67.6 cm³/mol. The molecule has 0 aromatic carbocycles. The Kier molecular flexibility index (Phi) is 8.83. The number of hydrogen-bond acceptors (Lipinski definition) is 2. The predicted octanol–water partition coefficient (Wildman–Crippen LogP) is 3.67. The molecule has 0 aliphatic carbocycles. The van der Waals surface area contributed by atoms with Gasteiger partial charge in [0.2, 0.25) is 0 Å². The number of epoxide rings is 1. The lowest BCUT2D eigenvalue weighted by atomic mass is 10.1. The third kappa shape index (κ3) is 9.17. The van der Waals surface area contributed by atoms with Gasteiger partial charge >= 0.3 is 0 Å². The first-order valence-corrected chi connectivity index (χ1v) is 7.16. The molecule has 0 spiro atoms. The number of unbranched alkanes of at least 4 members (excludes halogenated alkanes) is 9. The fourth-order valence-electron chi connectivity index (χ4n) is 2.13. The second kappa shape index (κ2) is 10.1. The first-order chi connectivity index (χ1) is 7.93. The van der Waals surface area contributed by atoms with E-state index in [1.165, 1.54) is 64.2 Å². The minimum Gasteiger partial charge on any atom is -0.396 e. The van der Waals surface area contributed by atoms with Crippen molar-refractivity contribution in [2.75, 3.05) is 13.2 Å². The maximum absolute atomic E-state index is 8.62. The largest absolute Gasteiger partial charge is 0.396 e. The molecule has 1 rings (SSSR count). The minimum atomic E-state index is 0.366. The zero-order chi connectivity index (χ0) is 11.5. The summed E-state index contributed by atoms with van der Waals surface area (Å²) < 4.78 is 5.18. The van der Waals surface area contributed by atoms with E-state index in [-0.39, 0.29) is 0 Å². The lowest BCUT2D eigenvalue weighted by Crippen LogP contribution is -1.86. The molecule has 2 heteroatoms. The number of ether oxygens (including phenoxy) is 1. The van der Waals surface area contributed by atoms with Crippen molar-refractivity contribution in [3.8, 4) is 0 Å². The highest BCUT2D eigenvalue weighted by molar-refractivity contribution is 4.68. The van der Waals surface area contributed by atoms with Gasteiger partial charge in [0, 0.05) is 6.61 Å². The van der Waals surface area contributed by atoms with Gasteiger partial charge in [-0.1, -0.05) is 57.8 Å². The van der Waals surface area contributed by atoms with E-state index >= 15 is 0 Å². The van der Waals surface area contributed by atoms with Crippen molar-refractivity contribution in [1.82, 2.24) is 0 Å². The van der Waals surface area contributed by atoms with Crippen molar-refractivity contribution >= 4 is 0 Å². The summed E-state index contributed by atoms with van der Waals surface area (Å²) in [5, 5.41) is 8.62. The molecule has 1 heterocycles. The highest BCUT2D eigenvalue weighted by Crippen LogP contribution is 2.18. The van der Waals surface area contributed by atoms with Gasteiger partial charge in [-0.05, 0) is 12.8 Å². The molecule has 0 aromatic heterocycles. The molecule has 1 unspecified atom stereocenters. The van der Waals surface area contributed by atoms with E-state index in [1.54, 1.807) is 0 Å². The van der Waals surface area contributed by atoms with Gasteiger partial charge in [-0.25, -0.2) is 0 Å². The average Bonchev–Trinajstić information content (AvgIpc) is 3.10. The molecule has 2 nitrogen and oxygen atoms in total. The van der Waals surface area contributed by atoms with Crippen LogP contribution in [-0.2, 0) is 4.74 Å². The number of aliphatic hydroxyl groups excluding tert-OH is 1. The average molecular weight is 228 g/mol. The molecule has 0 aromatic rings. The number of rotatable bonds is 12. The van der Waals surface area contributed by atoms with E-state index < -0.39 is 0 Å². The lowest BCUT2D eigenvalue weighted by Gasteiger charge is -2.01. The molecular formula is C14H28O2. The second-order valence-electron chi connectivity index (χ2n) is 5.00. The summed E-state index contributed by atoms with van der Waals surface area (Å²) in [5.41, 5.74) is 0. The molecule has 0 bridgehead atoms. The molecule has 1 aliphatic rings. The summed E-state index contributed by atoms with van der Waals surface area (Å²) in [6.07, 6.45) is 15.1. The van der Waals surface area contributed by atoms with E-state index in [0.29, 0.717) is 12.7 Å². The van der Waals surface area contributed by atoms with Crippen LogP contribution in [0.1, 0.15) is 70.6 Å². The van der Waals surface area contributed by atoms with Crippen LogP contribution in [0, 0.1) is 0 Å². The fourth-order valence-corrected chi connectivity index (χ4v) is 2.13. The topological polar surface area (TPSA) is 32.8 Å². The van der Waals surface area contributed by atoms with Gasteiger partial charge in [-0.2, -0.15) is 0 Å². The Morgan fingerprint density at radius 1 is 0.750 bits per heavy atom. The van der Waals surface area contributed by atoms with Gasteiger partial charge in [-0.15, -0.1) is 0 Å².